The molecule has 0 radical (unpaired) electrons. The SMILES string of the molecule is CCCCCCCCCCCCCCCCc1ccc(C(=O)C(C)C)o1. The standard InChI is InChI=1S/C24H42O2/c1-4-5-6-7-8-9-10-11-12-13-14-15-16-17-18-22-19-20-23(26-22)24(25)21(2)3/h19-21H,4-18H2,1-3H3. The third-order valence-electron chi connectivity index (χ3n) is 5.21. The second-order valence-electron chi connectivity index (χ2n) is 8.13. The number of hydrogen-bond acceptors (Lipinski definition) is 2. The van der Waals surface area contributed by atoms with Crippen LogP contribution in [0.2, 0.25) is 0 Å². The molecule has 0 unspecified atom stereocenters. The Labute approximate surface area is 162 Å². The van der Waals surface area contributed by atoms with Crippen LogP contribution in [-0.2, 0) is 6.42 Å². The minimum atomic E-state index is 0.00931. The summed E-state index contributed by atoms with van der Waals surface area (Å²) in [5.41, 5.74) is 0. The van der Waals surface area contributed by atoms with Gasteiger partial charge in [0.05, 0.1) is 0 Å². The van der Waals surface area contributed by atoms with Crippen molar-refractivity contribution in [3.05, 3.63) is 23.7 Å². The van der Waals surface area contributed by atoms with Gasteiger partial charge in [-0.15, -0.1) is 0 Å². The Balaban J connectivity index is 1.89. The first-order valence-electron chi connectivity index (χ1n) is 11.3. The van der Waals surface area contributed by atoms with Gasteiger partial charge in [-0.25, -0.2) is 0 Å². The Kier molecular flexibility index (Phi) is 13.3. The van der Waals surface area contributed by atoms with E-state index in [1.165, 1.54) is 89.9 Å². The second-order valence-corrected chi connectivity index (χ2v) is 8.13. The lowest BCUT2D eigenvalue weighted by Gasteiger charge is -2.03. The fourth-order valence-corrected chi connectivity index (χ4v) is 3.42. The smallest absolute Gasteiger partial charge is 0.200 e. The van der Waals surface area contributed by atoms with Gasteiger partial charge < -0.3 is 4.42 Å². The van der Waals surface area contributed by atoms with Gasteiger partial charge in [-0.1, -0.05) is 104 Å². The van der Waals surface area contributed by atoms with Crippen molar-refractivity contribution < 1.29 is 9.21 Å². The lowest BCUT2D eigenvalue weighted by Crippen LogP contribution is -2.05. The molecule has 0 saturated heterocycles. The van der Waals surface area contributed by atoms with Crippen molar-refractivity contribution in [3.63, 3.8) is 0 Å². The first kappa shape index (κ1) is 23.0. The van der Waals surface area contributed by atoms with Crippen molar-refractivity contribution in [3.8, 4) is 0 Å². The summed E-state index contributed by atoms with van der Waals surface area (Å²) in [6.07, 6.45) is 20.3. The summed E-state index contributed by atoms with van der Waals surface area (Å²) in [6.45, 7) is 6.11. The highest BCUT2D eigenvalue weighted by Crippen LogP contribution is 2.17. The molecule has 1 heterocycles. The Bertz CT molecular complexity index is 459. The summed E-state index contributed by atoms with van der Waals surface area (Å²) in [4.78, 5) is 11.9. The fraction of sp³-hybridized carbons (Fsp3) is 0.792. The van der Waals surface area contributed by atoms with Crippen LogP contribution < -0.4 is 0 Å². The molecule has 0 N–H and O–H groups in total. The van der Waals surface area contributed by atoms with Crippen molar-refractivity contribution >= 4 is 5.78 Å². The Morgan fingerprint density at radius 2 is 1.23 bits per heavy atom. The van der Waals surface area contributed by atoms with Crippen molar-refractivity contribution in [2.24, 2.45) is 5.92 Å². The maximum atomic E-state index is 11.9. The van der Waals surface area contributed by atoms with Crippen LogP contribution in [-0.4, -0.2) is 5.78 Å². The minimum absolute atomic E-state index is 0.00931. The molecule has 0 fully saturated rings. The Morgan fingerprint density at radius 3 is 1.69 bits per heavy atom. The van der Waals surface area contributed by atoms with Gasteiger partial charge in [0.2, 0.25) is 5.78 Å². The molecule has 0 spiro atoms. The molecule has 1 aromatic rings. The highest BCUT2D eigenvalue weighted by Gasteiger charge is 2.14. The third-order valence-corrected chi connectivity index (χ3v) is 5.21. The van der Waals surface area contributed by atoms with E-state index in [1.807, 2.05) is 26.0 Å². The molecule has 0 bridgehead atoms. The first-order valence-corrected chi connectivity index (χ1v) is 11.3. The van der Waals surface area contributed by atoms with E-state index in [0.717, 1.165) is 12.2 Å². The van der Waals surface area contributed by atoms with Gasteiger partial charge in [-0.3, -0.25) is 4.79 Å². The van der Waals surface area contributed by atoms with E-state index in [9.17, 15) is 4.79 Å². The number of unbranched alkanes of at least 4 members (excludes halogenated alkanes) is 13. The molecule has 2 heteroatoms. The quantitative estimate of drug-likeness (QED) is 0.207. The van der Waals surface area contributed by atoms with Gasteiger partial charge in [0.25, 0.3) is 0 Å². The molecule has 26 heavy (non-hydrogen) atoms. The number of carbonyl (C=O) groups is 1. The van der Waals surface area contributed by atoms with E-state index < -0.39 is 0 Å². The average Bonchev–Trinajstić information content (AvgIpc) is 3.10. The monoisotopic (exact) mass is 362 g/mol. The number of furan rings is 1. The molecule has 1 rings (SSSR count). The van der Waals surface area contributed by atoms with E-state index in [1.54, 1.807) is 0 Å². The van der Waals surface area contributed by atoms with Crippen LogP contribution in [0.3, 0.4) is 0 Å². The predicted molar refractivity (Wildman–Crippen MR) is 112 cm³/mol. The molecular formula is C24H42O2. The van der Waals surface area contributed by atoms with E-state index >= 15 is 0 Å². The normalized spacial score (nSPS) is 11.4. The van der Waals surface area contributed by atoms with E-state index in [4.69, 9.17) is 4.42 Å². The van der Waals surface area contributed by atoms with Crippen LogP contribution in [0.5, 0.6) is 0 Å². The van der Waals surface area contributed by atoms with Crippen molar-refractivity contribution in [1.82, 2.24) is 0 Å². The highest BCUT2D eigenvalue weighted by molar-refractivity contribution is 5.94. The van der Waals surface area contributed by atoms with E-state index in [-0.39, 0.29) is 11.7 Å². The number of aryl methyl sites for hydroxylation is 1. The van der Waals surface area contributed by atoms with Gasteiger partial charge in [0.1, 0.15) is 5.76 Å². The predicted octanol–water partition coefficient (Wildman–Crippen LogP) is 8.14. The molecule has 0 aliphatic rings. The minimum Gasteiger partial charge on any atom is -0.458 e. The average molecular weight is 363 g/mol. The summed E-state index contributed by atoms with van der Waals surface area (Å²) in [5.74, 6) is 1.61. The highest BCUT2D eigenvalue weighted by atomic mass is 16.3. The summed E-state index contributed by atoms with van der Waals surface area (Å²) >= 11 is 0. The van der Waals surface area contributed by atoms with E-state index in [2.05, 4.69) is 6.92 Å². The molecular weight excluding hydrogens is 320 g/mol. The fourth-order valence-electron chi connectivity index (χ4n) is 3.42. The molecule has 1 aromatic heterocycles. The second kappa shape index (κ2) is 15.1. The van der Waals surface area contributed by atoms with Crippen molar-refractivity contribution in [2.75, 3.05) is 0 Å². The summed E-state index contributed by atoms with van der Waals surface area (Å²) < 4.78 is 5.67. The lowest BCUT2D eigenvalue weighted by atomic mass is 10.0. The zero-order chi connectivity index (χ0) is 19.0. The van der Waals surface area contributed by atoms with Crippen LogP contribution in [0, 0.1) is 5.92 Å². The van der Waals surface area contributed by atoms with Gasteiger partial charge >= 0.3 is 0 Å². The van der Waals surface area contributed by atoms with Gasteiger partial charge in [0, 0.05) is 12.3 Å². The van der Waals surface area contributed by atoms with Crippen LogP contribution in [0.4, 0.5) is 0 Å². The van der Waals surface area contributed by atoms with Crippen molar-refractivity contribution in [2.45, 2.75) is 117 Å². The summed E-state index contributed by atoms with van der Waals surface area (Å²) in [6, 6.07) is 3.80. The van der Waals surface area contributed by atoms with Gasteiger partial charge in [-0.2, -0.15) is 0 Å². The summed E-state index contributed by atoms with van der Waals surface area (Å²) in [7, 11) is 0. The third kappa shape index (κ3) is 10.8. The van der Waals surface area contributed by atoms with Crippen LogP contribution in [0.1, 0.15) is 127 Å². The lowest BCUT2D eigenvalue weighted by molar-refractivity contribution is 0.0909. The van der Waals surface area contributed by atoms with Gasteiger partial charge in [-0.05, 0) is 18.6 Å². The first-order chi connectivity index (χ1) is 12.6. The number of carbonyl (C=O) groups excluding carboxylic acids is 1. The van der Waals surface area contributed by atoms with Gasteiger partial charge in [0.15, 0.2) is 5.76 Å². The van der Waals surface area contributed by atoms with Crippen LogP contribution >= 0.6 is 0 Å². The maximum Gasteiger partial charge on any atom is 0.200 e. The Morgan fingerprint density at radius 1 is 0.769 bits per heavy atom. The molecule has 0 saturated carbocycles. The molecule has 0 atom stereocenters. The maximum absolute atomic E-state index is 11.9. The zero-order valence-corrected chi connectivity index (χ0v) is 17.7. The molecule has 2 nitrogen and oxygen atoms in total. The zero-order valence-electron chi connectivity index (χ0n) is 17.7. The largest absolute Gasteiger partial charge is 0.458 e. The molecule has 0 amide bonds. The number of hydrogen-bond donors (Lipinski definition) is 0. The number of Topliss-reactive ketones (excluding diaryl/α,β-unsaturated/α-hetero) is 1. The topological polar surface area (TPSA) is 30.2 Å². The number of rotatable bonds is 17. The van der Waals surface area contributed by atoms with Crippen molar-refractivity contribution in [1.29, 1.82) is 0 Å². The molecule has 150 valence electrons. The molecule has 0 aromatic carbocycles. The Hall–Kier alpha value is -1.05. The molecule has 0 aliphatic heterocycles. The summed E-state index contributed by atoms with van der Waals surface area (Å²) in [5, 5.41) is 0. The van der Waals surface area contributed by atoms with E-state index in [0.29, 0.717) is 5.76 Å². The number of ketones is 1. The van der Waals surface area contributed by atoms with Crippen LogP contribution in [0.15, 0.2) is 16.5 Å². The van der Waals surface area contributed by atoms with Crippen LogP contribution in [0.25, 0.3) is 0 Å². The molecule has 0 aliphatic carbocycles.